The molecule has 1 heterocycles. The summed E-state index contributed by atoms with van der Waals surface area (Å²) in [6, 6.07) is 0. The molecule has 0 spiro atoms. The second-order valence-electron chi connectivity index (χ2n) is 2.27. The third kappa shape index (κ3) is 1.19. The van der Waals surface area contributed by atoms with Gasteiger partial charge in [0, 0.05) is 16.2 Å². The van der Waals surface area contributed by atoms with Crippen LogP contribution in [-0.4, -0.2) is 9.97 Å². The van der Waals surface area contributed by atoms with Crippen molar-refractivity contribution in [1.29, 1.82) is 0 Å². The third-order valence-electron chi connectivity index (χ3n) is 1.56. The minimum absolute atomic E-state index is 0.302. The van der Waals surface area contributed by atoms with E-state index in [1.165, 1.54) is 0 Å². The number of hydrogen-bond donors (Lipinski definition) is 0. The Bertz CT molecular complexity index is 335. The number of rotatable bonds is 0. The van der Waals surface area contributed by atoms with Gasteiger partial charge in [0.25, 0.3) is 0 Å². The van der Waals surface area contributed by atoms with Crippen LogP contribution in [0, 0.1) is 0 Å². The van der Waals surface area contributed by atoms with Gasteiger partial charge in [0.05, 0.1) is 5.69 Å². The quantitative estimate of drug-likeness (QED) is 0.641. The molecule has 0 fully saturated rings. The van der Waals surface area contributed by atoms with Crippen molar-refractivity contribution in [2.45, 2.75) is 6.42 Å². The molecule has 0 aromatic carbocycles. The van der Waals surface area contributed by atoms with Gasteiger partial charge in [-0.15, -0.1) is 0 Å². The molecule has 0 saturated carbocycles. The summed E-state index contributed by atoms with van der Waals surface area (Å²) in [4.78, 5) is 7.96. The van der Waals surface area contributed by atoms with E-state index in [1.807, 2.05) is 0 Å². The highest BCUT2D eigenvalue weighted by atomic mass is 79.9. The Morgan fingerprint density at radius 2 is 2.36 bits per heavy atom. The van der Waals surface area contributed by atoms with Crippen molar-refractivity contribution in [2.75, 3.05) is 0 Å². The Kier molecular flexibility index (Phi) is 1.69. The minimum atomic E-state index is 0.302. The molecule has 2 rings (SSSR count). The number of fused-ring (bicyclic) bond motifs is 1. The first-order valence-corrected chi connectivity index (χ1v) is 4.32. The highest BCUT2D eigenvalue weighted by Gasteiger charge is 2.13. The Hall–Kier alpha value is -0.410. The van der Waals surface area contributed by atoms with Crippen LogP contribution in [0.25, 0.3) is 4.48 Å². The standard InChI is InChI=1S/C7H4BrClN2/c8-5-2-1-4-3-10-7(9)11-6(4)5/h2-3H,1H2. The largest absolute Gasteiger partial charge is 0.226 e. The topological polar surface area (TPSA) is 25.8 Å². The summed E-state index contributed by atoms with van der Waals surface area (Å²) in [6.07, 6.45) is 4.71. The Morgan fingerprint density at radius 3 is 3.18 bits per heavy atom. The molecule has 0 aliphatic heterocycles. The summed E-state index contributed by atoms with van der Waals surface area (Å²) in [6.45, 7) is 0. The van der Waals surface area contributed by atoms with Gasteiger partial charge >= 0.3 is 0 Å². The van der Waals surface area contributed by atoms with Crippen molar-refractivity contribution in [1.82, 2.24) is 9.97 Å². The molecule has 0 saturated heterocycles. The fourth-order valence-corrected chi connectivity index (χ4v) is 1.68. The molecular formula is C7H4BrClN2. The fourth-order valence-electron chi connectivity index (χ4n) is 1.04. The van der Waals surface area contributed by atoms with Crippen molar-refractivity contribution in [2.24, 2.45) is 0 Å². The molecule has 56 valence electrons. The lowest BCUT2D eigenvalue weighted by molar-refractivity contribution is 1.10. The van der Waals surface area contributed by atoms with E-state index in [1.54, 1.807) is 6.20 Å². The molecule has 0 radical (unpaired) electrons. The van der Waals surface area contributed by atoms with E-state index >= 15 is 0 Å². The Morgan fingerprint density at radius 1 is 1.55 bits per heavy atom. The van der Waals surface area contributed by atoms with Crippen LogP contribution < -0.4 is 0 Å². The SMILES string of the molecule is Clc1ncc2c(n1)C(Br)=CC2. The Balaban J connectivity index is 2.60. The van der Waals surface area contributed by atoms with Crippen LogP contribution in [0.15, 0.2) is 12.3 Å². The lowest BCUT2D eigenvalue weighted by Gasteiger charge is -1.97. The average molecular weight is 231 g/mol. The lowest BCUT2D eigenvalue weighted by atomic mass is 10.3. The number of halogens is 2. The number of aromatic nitrogens is 2. The molecular weight excluding hydrogens is 227 g/mol. The Labute approximate surface area is 77.4 Å². The van der Waals surface area contributed by atoms with Crippen molar-refractivity contribution in [3.05, 3.63) is 28.8 Å². The molecule has 1 aromatic heterocycles. The van der Waals surface area contributed by atoms with Crippen LogP contribution in [0.2, 0.25) is 5.28 Å². The molecule has 0 N–H and O–H groups in total. The van der Waals surface area contributed by atoms with Gasteiger partial charge in [-0.3, -0.25) is 0 Å². The fraction of sp³-hybridized carbons (Fsp3) is 0.143. The molecule has 0 atom stereocenters. The normalized spacial score (nSPS) is 14.5. The van der Waals surface area contributed by atoms with Crippen molar-refractivity contribution < 1.29 is 0 Å². The summed E-state index contributed by atoms with van der Waals surface area (Å²) in [7, 11) is 0. The van der Waals surface area contributed by atoms with Gasteiger partial charge in [-0.25, -0.2) is 9.97 Å². The van der Waals surface area contributed by atoms with E-state index in [2.05, 4.69) is 32.0 Å². The monoisotopic (exact) mass is 230 g/mol. The lowest BCUT2D eigenvalue weighted by Crippen LogP contribution is -1.90. The maximum Gasteiger partial charge on any atom is 0.222 e. The number of hydrogen-bond acceptors (Lipinski definition) is 2. The van der Waals surface area contributed by atoms with Crippen LogP contribution >= 0.6 is 27.5 Å². The number of allylic oxidation sites excluding steroid dienone is 1. The van der Waals surface area contributed by atoms with Crippen LogP contribution in [0.3, 0.4) is 0 Å². The molecule has 1 aliphatic carbocycles. The van der Waals surface area contributed by atoms with Gasteiger partial charge in [0.1, 0.15) is 0 Å². The summed E-state index contributed by atoms with van der Waals surface area (Å²) < 4.78 is 1.01. The van der Waals surface area contributed by atoms with Crippen LogP contribution in [0.5, 0.6) is 0 Å². The molecule has 1 aromatic rings. The zero-order valence-corrected chi connectivity index (χ0v) is 7.85. The van der Waals surface area contributed by atoms with Gasteiger partial charge in [0.2, 0.25) is 5.28 Å². The van der Waals surface area contributed by atoms with Crippen LogP contribution in [0.1, 0.15) is 11.3 Å². The molecule has 0 bridgehead atoms. The van der Waals surface area contributed by atoms with E-state index in [0.717, 1.165) is 22.2 Å². The summed E-state index contributed by atoms with van der Waals surface area (Å²) >= 11 is 9.00. The molecule has 0 unspecified atom stereocenters. The van der Waals surface area contributed by atoms with Crippen molar-refractivity contribution in [3.8, 4) is 0 Å². The van der Waals surface area contributed by atoms with Crippen LogP contribution in [-0.2, 0) is 6.42 Å². The summed E-state index contributed by atoms with van der Waals surface area (Å²) in [5.74, 6) is 0. The van der Waals surface area contributed by atoms with Gasteiger partial charge in [0.15, 0.2) is 0 Å². The highest BCUT2D eigenvalue weighted by Crippen LogP contribution is 2.29. The maximum atomic E-state index is 5.62. The average Bonchev–Trinajstić information content (AvgIpc) is 2.33. The third-order valence-corrected chi connectivity index (χ3v) is 2.44. The van der Waals surface area contributed by atoms with Crippen molar-refractivity contribution >= 4 is 32.0 Å². The van der Waals surface area contributed by atoms with Gasteiger partial charge in [-0.1, -0.05) is 6.08 Å². The van der Waals surface area contributed by atoms with Crippen molar-refractivity contribution in [3.63, 3.8) is 0 Å². The predicted octanol–water partition coefficient (Wildman–Crippen LogP) is 2.42. The second-order valence-corrected chi connectivity index (χ2v) is 3.46. The van der Waals surface area contributed by atoms with E-state index < -0.39 is 0 Å². The van der Waals surface area contributed by atoms with E-state index in [-0.39, 0.29) is 0 Å². The highest BCUT2D eigenvalue weighted by molar-refractivity contribution is 9.15. The molecule has 11 heavy (non-hydrogen) atoms. The number of nitrogens with zero attached hydrogens (tertiary/aromatic N) is 2. The predicted molar refractivity (Wildman–Crippen MR) is 47.7 cm³/mol. The first kappa shape index (κ1) is 7.25. The zero-order valence-electron chi connectivity index (χ0n) is 5.51. The molecule has 1 aliphatic rings. The van der Waals surface area contributed by atoms with Gasteiger partial charge in [-0.2, -0.15) is 0 Å². The molecule has 4 heteroatoms. The molecule has 2 nitrogen and oxygen atoms in total. The minimum Gasteiger partial charge on any atom is -0.226 e. The van der Waals surface area contributed by atoms with Gasteiger partial charge < -0.3 is 0 Å². The van der Waals surface area contributed by atoms with Crippen LogP contribution in [0.4, 0.5) is 0 Å². The molecule has 0 amide bonds. The maximum absolute atomic E-state index is 5.62. The smallest absolute Gasteiger partial charge is 0.222 e. The zero-order chi connectivity index (χ0) is 7.84. The summed E-state index contributed by atoms with van der Waals surface area (Å²) in [5.41, 5.74) is 2.05. The van der Waals surface area contributed by atoms with E-state index in [4.69, 9.17) is 11.6 Å². The van der Waals surface area contributed by atoms with E-state index in [9.17, 15) is 0 Å². The van der Waals surface area contributed by atoms with Gasteiger partial charge in [-0.05, 0) is 34.0 Å². The second kappa shape index (κ2) is 2.57. The van der Waals surface area contributed by atoms with E-state index in [0.29, 0.717) is 5.28 Å². The first-order valence-electron chi connectivity index (χ1n) is 3.15. The summed E-state index contributed by atoms with van der Waals surface area (Å²) in [5, 5.41) is 0.302. The first-order chi connectivity index (χ1) is 5.27.